The maximum Gasteiger partial charge on any atom is 0.292 e. The molecule has 2 saturated heterocycles. The molecule has 14 heteroatoms. The highest BCUT2D eigenvalue weighted by molar-refractivity contribution is 7.91. The van der Waals surface area contributed by atoms with Crippen LogP contribution < -0.4 is 10.5 Å². The lowest BCUT2D eigenvalue weighted by Gasteiger charge is -2.38. The number of sulfone groups is 1. The van der Waals surface area contributed by atoms with Crippen molar-refractivity contribution in [2.75, 3.05) is 12.0 Å². The number of nitrogen functional groups attached to an aromatic ring is 1. The molecule has 1 saturated carbocycles. The molecule has 5 aromatic rings. The molecular formula is C31H31N9O4S. The van der Waals surface area contributed by atoms with E-state index < -0.39 is 9.84 Å². The number of aromatic amines is 1. The molecular weight excluding hydrogens is 594 g/mol. The number of carbonyl (C=O) groups is 1. The van der Waals surface area contributed by atoms with E-state index in [4.69, 9.17) is 20.4 Å². The van der Waals surface area contributed by atoms with Crippen LogP contribution in [-0.2, 0) is 9.84 Å². The normalized spacial score (nSPS) is 21.4. The van der Waals surface area contributed by atoms with Crippen molar-refractivity contribution in [2.24, 2.45) is 0 Å². The zero-order chi connectivity index (χ0) is 30.9. The van der Waals surface area contributed by atoms with Gasteiger partial charge in [0, 0.05) is 47.1 Å². The van der Waals surface area contributed by atoms with E-state index in [0.717, 1.165) is 54.5 Å². The minimum atomic E-state index is -3.76. The largest absolute Gasteiger partial charge is 0.490 e. The number of rotatable bonds is 7. The Balaban J connectivity index is 1.13. The highest BCUT2D eigenvalue weighted by Crippen LogP contribution is 2.45. The van der Waals surface area contributed by atoms with Gasteiger partial charge in [0.1, 0.15) is 22.8 Å². The third-order valence-corrected chi connectivity index (χ3v) is 10.2. The van der Waals surface area contributed by atoms with E-state index in [-0.39, 0.29) is 40.4 Å². The van der Waals surface area contributed by atoms with Gasteiger partial charge < -0.3 is 20.4 Å². The first-order valence-corrected chi connectivity index (χ1v) is 16.9. The van der Waals surface area contributed by atoms with Crippen LogP contribution in [0.1, 0.15) is 60.8 Å². The first-order chi connectivity index (χ1) is 21.7. The average molecular weight is 626 g/mol. The lowest BCUT2D eigenvalue weighted by Crippen LogP contribution is -2.46. The van der Waals surface area contributed by atoms with Gasteiger partial charge in [0.25, 0.3) is 5.91 Å². The summed E-state index contributed by atoms with van der Waals surface area (Å²) in [7, 11) is -3.76. The lowest BCUT2D eigenvalue weighted by molar-refractivity contribution is 0.0556. The van der Waals surface area contributed by atoms with E-state index in [9.17, 15) is 13.2 Å². The van der Waals surface area contributed by atoms with Crippen LogP contribution in [0.15, 0.2) is 60.0 Å². The topological polar surface area (TPSA) is 174 Å². The Kier molecular flexibility index (Phi) is 6.37. The maximum absolute atomic E-state index is 13.2. The van der Waals surface area contributed by atoms with Crippen molar-refractivity contribution in [1.82, 2.24) is 39.7 Å². The number of fused-ring (bicyclic) bond motifs is 3. The monoisotopic (exact) mass is 625 g/mol. The number of pyridine rings is 1. The van der Waals surface area contributed by atoms with Gasteiger partial charge in [0.15, 0.2) is 15.5 Å². The summed E-state index contributed by atoms with van der Waals surface area (Å²) in [4.78, 5) is 27.5. The summed E-state index contributed by atoms with van der Waals surface area (Å²) < 4.78 is 33.5. The second-order valence-electron chi connectivity index (χ2n) is 12.2. The summed E-state index contributed by atoms with van der Waals surface area (Å²) in [6.45, 7) is 0. The summed E-state index contributed by atoms with van der Waals surface area (Å²) in [5.74, 6) is 0.676. The van der Waals surface area contributed by atoms with Gasteiger partial charge in [0.05, 0.1) is 23.7 Å². The number of hydrogen-bond acceptors (Lipinski definition) is 10. The Morgan fingerprint density at radius 1 is 1.00 bits per heavy atom. The van der Waals surface area contributed by atoms with Crippen LogP contribution in [0.4, 0.5) is 5.82 Å². The molecule has 0 radical (unpaired) electrons. The smallest absolute Gasteiger partial charge is 0.292 e. The second kappa shape index (κ2) is 10.4. The number of amides is 1. The molecule has 0 spiro atoms. The van der Waals surface area contributed by atoms with E-state index in [0.29, 0.717) is 35.9 Å². The van der Waals surface area contributed by atoms with Gasteiger partial charge >= 0.3 is 0 Å². The first-order valence-electron chi connectivity index (χ1n) is 15.0. The molecule has 230 valence electrons. The number of nitrogens with one attached hydrogen (secondary N) is 1. The van der Waals surface area contributed by atoms with E-state index >= 15 is 0 Å². The third-order valence-electron chi connectivity index (χ3n) is 9.06. The van der Waals surface area contributed by atoms with Crippen LogP contribution >= 0.6 is 0 Å². The zero-order valence-corrected chi connectivity index (χ0v) is 25.3. The maximum atomic E-state index is 13.2. The Hall–Kier alpha value is -4.85. The minimum Gasteiger partial charge on any atom is -0.490 e. The Morgan fingerprint density at radius 3 is 2.36 bits per heavy atom. The van der Waals surface area contributed by atoms with Crippen molar-refractivity contribution in [2.45, 2.75) is 67.5 Å². The van der Waals surface area contributed by atoms with Crippen molar-refractivity contribution >= 4 is 27.2 Å². The summed E-state index contributed by atoms with van der Waals surface area (Å²) in [5, 5.41) is 12.1. The Labute approximate surface area is 258 Å². The number of hydrogen-bond donors (Lipinski definition) is 2. The number of carbonyl (C=O) groups excluding carboxylic acids is 1. The van der Waals surface area contributed by atoms with E-state index in [1.165, 1.54) is 10.8 Å². The van der Waals surface area contributed by atoms with Crippen LogP contribution in [0.2, 0.25) is 0 Å². The SMILES string of the molecule is CS(=O)(=O)c1c([C@H]2C[C@H]3CC[C@@H](C2)N3C(=O)c2nnc[nH]2)nc2c(-c3ccc(-c4ccc(OC5CC5)cc4)nc3)cnn2c1N. The number of aromatic nitrogens is 7. The van der Waals surface area contributed by atoms with Gasteiger partial charge in [-0.1, -0.05) is 6.07 Å². The number of anilines is 1. The third kappa shape index (κ3) is 4.89. The van der Waals surface area contributed by atoms with E-state index in [2.05, 4.69) is 20.3 Å². The molecule has 3 aliphatic rings. The molecule has 1 amide bonds. The predicted molar refractivity (Wildman–Crippen MR) is 164 cm³/mol. The van der Waals surface area contributed by atoms with Gasteiger partial charge in [-0.25, -0.2) is 13.4 Å². The lowest BCUT2D eigenvalue weighted by atomic mass is 9.87. The zero-order valence-electron chi connectivity index (χ0n) is 24.5. The number of H-pyrrole nitrogens is 1. The van der Waals surface area contributed by atoms with Crippen molar-refractivity contribution in [3.8, 4) is 28.1 Å². The molecule has 2 bridgehead atoms. The standard InChI is InChI=1S/C31H31N9O4S/c1-45(42,43)27-26(19-12-20-5-6-21(13-19)39(20)31(41)29-34-16-35-38-29)37-30-24(15-36-40(30)28(27)32)18-4-11-25(33-14-18)17-2-7-22(8-3-17)44-23-9-10-23/h2-4,7-8,11,14-16,19-21,23H,5-6,9-10,12-13,32H2,1H3,(H,34,35,38)/t19-,20+,21-. The molecule has 8 rings (SSSR count). The molecule has 4 aromatic heterocycles. The molecule has 0 unspecified atom stereocenters. The minimum absolute atomic E-state index is 0.00774. The molecule has 3 N–H and O–H groups in total. The number of nitrogens with zero attached hydrogens (tertiary/aromatic N) is 7. The Bertz CT molecular complexity index is 2010. The fraction of sp³-hybridized carbons (Fsp3) is 0.355. The number of ether oxygens (including phenoxy) is 1. The fourth-order valence-electron chi connectivity index (χ4n) is 6.85. The molecule has 45 heavy (non-hydrogen) atoms. The van der Waals surface area contributed by atoms with Crippen molar-refractivity contribution in [3.05, 3.63) is 66.6 Å². The van der Waals surface area contributed by atoms with Gasteiger partial charge in [-0.3, -0.25) is 9.78 Å². The molecule has 13 nitrogen and oxygen atoms in total. The molecule has 1 aliphatic carbocycles. The van der Waals surface area contributed by atoms with Crippen LogP contribution in [0, 0.1) is 0 Å². The average Bonchev–Trinajstić information content (AvgIpc) is 3.38. The van der Waals surface area contributed by atoms with Gasteiger partial charge in [-0.15, -0.1) is 10.2 Å². The molecule has 3 fully saturated rings. The van der Waals surface area contributed by atoms with Gasteiger partial charge in [-0.2, -0.15) is 9.61 Å². The first kappa shape index (κ1) is 27.7. The summed E-state index contributed by atoms with van der Waals surface area (Å²) in [5.41, 5.74) is 10.7. The highest BCUT2D eigenvalue weighted by Gasteiger charge is 2.46. The second-order valence-corrected chi connectivity index (χ2v) is 14.1. The molecule has 1 aromatic carbocycles. The summed E-state index contributed by atoms with van der Waals surface area (Å²) >= 11 is 0. The van der Waals surface area contributed by atoms with E-state index in [1.807, 2.05) is 41.3 Å². The van der Waals surface area contributed by atoms with Crippen LogP contribution in [0.25, 0.3) is 28.0 Å². The number of benzene rings is 1. The summed E-state index contributed by atoms with van der Waals surface area (Å²) in [6.07, 6.45) is 11.2. The number of nitrogens with two attached hydrogens (primary N) is 1. The van der Waals surface area contributed by atoms with Crippen molar-refractivity contribution < 1.29 is 17.9 Å². The van der Waals surface area contributed by atoms with Crippen molar-refractivity contribution in [3.63, 3.8) is 0 Å². The quantitative estimate of drug-likeness (QED) is 0.272. The predicted octanol–water partition coefficient (Wildman–Crippen LogP) is 3.65. The van der Waals surface area contributed by atoms with Gasteiger partial charge in [0.2, 0.25) is 5.82 Å². The van der Waals surface area contributed by atoms with Crippen molar-refractivity contribution in [1.29, 1.82) is 0 Å². The molecule has 2 aliphatic heterocycles. The van der Waals surface area contributed by atoms with E-state index in [1.54, 1.807) is 12.4 Å². The molecule has 3 atom stereocenters. The van der Waals surface area contributed by atoms with Gasteiger partial charge in [-0.05, 0) is 68.9 Å². The Morgan fingerprint density at radius 2 is 1.73 bits per heavy atom. The summed E-state index contributed by atoms with van der Waals surface area (Å²) in [6, 6.07) is 11.6. The highest BCUT2D eigenvalue weighted by atomic mass is 32.2. The fourth-order valence-corrected chi connectivity index (χ4v) is 7.91. The van der Waals surface area contributed by atoms with Crippen LogP contribution in [0.3, 0.4) is 0 Å². The number of piperidine rings is 1. The molecule has 6 heterocycles. The van der Waals surface area contributed by atoms with Crippen LogP contribution in [0.5, 0.6) is 5.75 Å². The van der Waals surface area contributed by atoms with Crippen LogP contribution in [-0.4, -0.2) is 78.4 Å².